The second-order valence-electron chi connectivity index (χ2n) is 3.81. The Morgan fingerprint density at radius 2 is 2.31 bits per heavy atom. The van der Waals surface area contributed by atoms with Gasteiger partial charge in [0.25, 0.3) is 0 Å². The summed E-state index contributed by atoms with van der Waals surface area (Å²) >= 11 is 0. The molecule has 2 rings (SSSR count). The number of aliphatic hydroxyl groups is 1. The molecule has 1 aliphatic heterocycles. The molecule has 1 aromatic rings. The number of β-amino-alcohol motifs (C(OH)–C–C–N with tert-alkyl or cyclic N) is 1. The summed E-state index contributed by atoms with van der Waals surface area (Å²) < 4.78 is 13.4. The second kappa shape index (κ2) is 4.09. The number of amides is 1. The predicted octanol–water partition coefficient (Wildman–Crippen LogP) is 0.885. The highest BCUT2D eigenvalue weighted by atomic mass is 19.1. The first-order chi connectivity index (χ1) is 7.61. The summed E-state index contributed by atoms with van der Waals surface area (Å²) in [5.74, 6) is -0.454. The summed E-state index contributed by atoms with van der Waals surface area (Å²) in [6, 6.07) is 2.99. The van der Waals surface area contributed by atoms with Crippen LogP contribution in [0.15, 0.2) is 12.1 Å². The van der Waals surface area contributed by atoms with Crippen molar-refractivity contribution in [1.29, 1.82) is 0 Å². The van der Waals surface area contributed by atoms with Crippen LogP contribution in [0.3, 0.4) is 0 Å². The van der Waals surface area contributed by atoms with Gasteiger partial charge in [0.15, 0.2) is 0 Å². The maximum atomic E-state index is 13.4. The molecule has 0 fully saturated rings. The first-order valence-corrected chi connectivity index (χ1v) is 5.07. The van der Waals surface area contributed by atoms with Crippen molar-refractivity contribution >= 4 is 17.3 Å². The van der Waals surface area contributed by atoms with Gasteiger partial charge in [-0.1, -0.05) is 0 Å². The molecular formula is C11H13FN2O2. The number of aryl methyl sites for hydroxylation is 1. The van der Waals surface area contributed by atoms with Crippen LogP contribution in [0, 0.1) is 12.7 Å². The fourth-order valence-electron chi connectivity index (χ4n) is 1.80. The quantitative estimate of drug-likeness (QED) is 0.784. The number of aliphatic hydroxyl groups excluding tert-OH is 1. The molecule has 1 amide bonds. The van der Waals surface area contributed by atoms with E-state index in [1.807, 2.05) is 0 Å². The van der Waals surface area contributed by atoms with Crippen molar-refractivity contribution in [3.05, 3.63) is 23.5 Å². The van der Waals surface area contributed by atoms with Crippen LogP contribution in [0.4, 0.5) is 15.8 Å². The van der Waals surface area contributed by atoms with E-state index in [1.54, 1.807) is 17.9 Å². The molecule has 0 aromatic heterocycles. The number of hydrogen-bond acceptors (Lipinski definition) is 3. The van der Waals surface area contributed by atoms with Gasteiger partial charge >= 0.3 is 0 Å². The van der Waals surface area contributed by atoms with Crippen LogP contribution in [0.1, 0.15) is 5.56 Å². The fraction of sp³-hybridized carbons (Fsp3) is 0.364. The molecule has 0 atom stereocenters. The lowest BCUT2D eigenvalue weighted by molar-refractivity contribution is -0.115. The Hall–Kier alpha value is -1.62. The van der Waals surface area contributed by atoms with Crippen LogP contribution < -0.4 is 10.2 Å². The highest BCUT2D eigenvalue weighted by Crippen LogP contribution is 2.31. The van der Waals surface area contributed by atoms with Crippen molar-refractivity contribution in [1.82, 2.24) is 0 Å². The minimum atomic E-state index is -0.308. The van der Waals surface area contributed by atoms with Crippen molar-refractivity contribution in [2.45, 2.75) is 6.92 Å². The zero-order valence-corrected chi connectivity index (χ0v) is 8.96. The first-order valence-electron chi connectivity index (χ1n) is 5.07. The lowest BCUT2D eigenvalue weighted by Gasteiger charge is -2.30. The lowest BCUT2D eigenvalue weighted by atomic mass is 10.1. The van der Waals surface area contributed by atoms with E-state index in [-0.39, 0.29) is 24.9 Å². The first kappa shape index (κ1) is 10.9. The molecule has 2 N–H and O–H groups in total. The van der Waals surface area contributed by atoms with Crippen LogP contribution in [0.25, 0.3) is 0 Å². The molecule has 1 aliphatic rings. The molecule has 4 nitrogen and oxygen atoms in total. The van der Waals surface area contributed by atoms with Gasteiger partial charge in [0.1, 0.15) is 5.82 Å². The van der Waals surface area contributed by atoms with Gasteiger partial charge in [0.2, 0.25) is 5.91 Å². The number of carbonyl (C=O) groups is 1. The summed E-state index contributed by atoms with van der Waals surface area (Å²) in [5.41, 5.74) is 1.71. The number of rotatable bonds is 2. The SMILES string of the molecule is Cc1cc2c(cc1F)N(CCO)CC(=O)N2. The van der Waals surface area contributed by atoms with E-state index in [0.717, 1.165) is 0 Å². The third-order valence-corrected chi connectivity index (χ3v) is 2.60. The second-order valence-corrected chi connectivity index (χ2v) is 3.81. The van der Waals surface area contributed by atoms with E-state index in [0.29, 0.717) is 23.5 Å². The highest BCUT2D eigenvalue weighted by molar-refractivity contribution is 6.01. The largest absolute Gasteiger partial charge is 0.395 e. The standard InChI is InChI=1S/C11H13FN2O2/c1-7-4-9-10(5-8(7)12)14(2-3-15)6-11(16)13-9/h4-5,15H,2-3,6H2,1H3,(H,13,16). The van der Waals surface area contributed by atoms with Crippen LogP contribution in [0.2, 0.25) is 0 Å². The highest BCUT2D eigenvalue weighted by Gasteiger charge is 2.22. The zero-order chi connectivity index (χ0) is 11.7. The van der Waals surface area contributed by atoms with E-state index in [9.17, 15) is 9.18 Å². The van der Waals surface area contributed by atoms with Gasteiger partial charge < -0.3 is 15.3 Å². The Kier molecular flexibility index (Phi) is 2.78. The summed E-state index contributed by atoms with van der Waals surface area (Å²) in [6.45, 7) is 2.05. The molecule has 0 unspecified atom stereocenters. The Morgan fingerprint density at radius 1 is 1.56 bits per heavy atom. The summed E-state index contributed by atoms with van der Waals surface area (Å²) in [6.07, 6.45) is 0. The molecule has 1 heterocycles. The normalized spacial score (nSPS) is 14.7. The Morgan fingerprint density at radius 3 is 3.00 bits per heavy atom. The maximum absolute atomic E-state index is 13.4. The number of carbonyl (C=O) groups excluding carboxylic acids is 1. The van der Waals surface area contributed by atoms with Gasteiger partial charge in [-0.3, -0.25) is 4.79 Å². The van der Waals surface area contributed by atoms with Crippen LogP contribution in [-0.2, 0) is 4.79 Å². The smallest absolute Gasteiger partial charge is 0.243 e. The number of fused-ring (bicyclic) bond motifs is 1. The average molecular weight is 224 g/mol. The third-order valence-electron chi connectivity index (χ3n) is 2.60. The van der Waals surface area contributed by atoms with E-state index < -0.39 is 0 Å². The predicted molar refractivity (Wildman–Crippen MR) is 59.1 cm³/mol. The topological polar surface area (TPSA) is 52.6 Å². The van der Waals surface area contributed by atoms with Crippen LogP contribution in [0.5, 0.6) is 0 Å². The Bertz CT molecular complexity index is 434. The van der Waals surface area contributed by atoms with Gasteiger partial charge in [-0.2, -0.15) is 0 Å². The summed E-state index contributed by atoms with van der Waals surface area (Å²) in [4.78, 5) is 13.0. The van der Waals surface area contributed by atoms with E-state index in [2.05, 4.69) is 5.32 Å². The van der Waals surface area contributed by atoms with Gasteiger partial charge in [-0.15, -0.1) is 0 Å². The zero-order valence-electron chi connectivity index (χ0n) is 8.96. The minimum absolute atomic E-state index is 0.0672. The van der Waals surface area contributed by atoms with Gasteiger partial charge in [-0.05, 0) is 24.6 Å². The molecule has 0 aliphatic carbocycles. The van der Waals surface area contributed by atoms with Crippen molar-refractivity contribution in [3.8, 4) is 0 Å². The van der Waals surface area contributed by atoms with E-state index in [1.165, 1.54) is 6.07 Å². The number of nitrogens with zero attached hydrogens (tertiary/aromatic N) is 1. The number of benzene rings is 1. The third kappa shape index (κ3) is 1.86. The molecular weight excluding hydrogens is 211 g/mol. The molecule has 0 radical (unpaired) electrons. The fourth-order valence-corrected chi connectivity index (χ4v) is 1.80. The van der Waals surface area contributed by atoms with Gasteiger partial charge in [0.05, 0.1) is 24.5 Å². The molecule has 86 valence electrons. The number of halogens is 1. The van der Waals surface area contributed by atoms with E-state index in [4.69, 9.17) is 5.11 Å². The molecule has 16 heavy (non-hydrogen) atoms. The molecule has 0 bridgehead atoms. The number of nitrogens with one attached hydrogen (secondary N) is 1. The number of anilines is 2. The Balaban J connectivity index is 2.44. The molecule has 0 saturated carbocycles. The monoisotopic (exact) mass is 224 g/mol. The van der Waals surface area contributed by atoms with Crippen molar-refractivity contribution in [2.24, 2.45) is 0 Å². The van der Waals surface area contributed by atoms with Gasteiger partial charge in [0, 0.05) is 6.54 Å². The summed E-state index contributed by atoms with van der Waals surface area (Å²) in [5, 5.41) is 11.6. The average Bonchev–Trinajstić information content (AvgIpc) is 2.21. The van der Waals surface area contributed by atoms with Crippen molar-refractivity contribution in [3.63, 3.8) is 0 Å². The van der Waals surface area contributed by atoms with Crippen molar-refractivity contribution in [2.75, 3.05) is 29.9 Å². The minimum Gasteiger partial charge on any atom is -0.395 e. The van der Waals surface area contributed by atoms with E-state index >= 15 is 0 Å². The van der Waals surface area contributed by atoms with Crippen LogP contribution >= 0.6 is 0 Å². The van der Waals surface area contributed by atoms with Gasteiger partial charge in [-0.25, -0.2) is 4.39 Å². The summed E-state index contributed by atoms with van der Waals surface area (Å²) in [7, 11) is 0. The maximum Gasteiger partial charge on any atom is 0.243 e. The molecule has 0 saturated heterocycles. The van der Waals surface area contributed by atoms with Crippen LogP contribution in [-0.4, -0.2) is 30.7 Å². The molecule has 0 spiro atoms. The van der Waals surface area contributed by atoms with Crippen molar-refractivity contribution < 1.29 is 14.3 Å². The molecule has 1 aromatic carbocycles. The lowest BCUT2D eigenvalue weighted by Crippen LogP contribution is -2.39. The number of hydrogen-bond donors (Lipinski definition) is 2. The molecule has 5 heteroatoms. The Labute approximate surface area is 92.7 Å².